The first-order valence-electron chi connectivity index (χ1n) is 8.70. The summed E-state index contributed by atoms with van der Waals surface area (Å²) in [6, 6.07) is 4.99. The van der Waals surface area contributed by atoms with E-state index in [1.54, 1.807) is 17.4 Å². The van der Waals surface area contributed by atoms with Crippen LogP contribution in [0.2, 0.25) is 5.15 Å². The summed E-state index contributed by atoms with van der Waals surface area (Å²) >= 11 is 7.90. The Morgan fingerprint density at radius 1 is 1.43 bits per heavy atom. The van der Waals surface area contributed by atoms with Crippen LogP contribution in [0.1, 0.15) is 17.6 Å². The highest BCUT2D eigenvalue weighted by molar-refractivity contribution is 7.09. The third-order valence-corrected chi connectivity index (χ3v) is 5.44. The van der Waals surface area contributed by atoms with Gasteiger partial charge in [-0.3, -0.25) is 0 Å². The standard InChI is InChI=1S/C19H18ClFN4O2S/c1-10(21)12(22)7-14-16(19-23-4-5-26-19)17-18(27-14)13(8-15(20)25-17)24-9-11-3-2-6-28-11/h2-6,8,10,12H,7,9,22H2,1H3,(H,24,25)/t10-,12+/m0/s1. The average Bonchev–Trinajstić information content (AvgIpc) is 3.40. The zero-order valence-corrected chi connectivity index (χ0v) is 16.6. The number of furan rings is 1. The molecule has 4 aromatic rings. The Labute approximate surface area is 169 Å². The van der Waals surface area contributed by atoms with Gasteiger partial charge in [-0.2, -0.15) is 0 Å². The number of alkyl halides is 1. The summed E-state index contributed by atoms with van der Waals surface area (Å²) in [6.45, 7) is 2.03. The fraction of sp³-hybridized carbons (Fsp3) is 0.263. The molecule has 0 spiro atoms. The Balaban J connectivity index is 1.81. The van der Waals surface area contributed by atoms with Crippen molar-refractivity contribution in [3.8, 4) is 11.5 Å². The summed E-state index contributed by atoms with van der Waals surface area (Å²) in [6.07, 6.45) is 1.96. The molecule has 3 N–H and O–H groups in total. The van der Waals surface area contributed by atoms with E-state index >= 15 is 0 Å². The summed E-state index contributed by atoms with van der Waals surface area (Å²) in [5.74, 6) is 0.787. The zero-order chi connectivity index (χ0) is 19.7. The Morgan fingerprint density at radius 3 is 2.96 bits per heavy atom. The van der Waals surface area contributed by atoms with Crippen LogP contribution in [-0.2, 0) is 13.0 Å². The lowest BCUT2D eigenvalue weighted by atomic mass is 10.1. The molecule has 4 rings (SSSR count). The van der Waals surface area contributed by atoms with Crippen molar-refractivity contribution in [3.05, 3.63) is 51.8 Å². The smallest absolute Gasteiger partial charge is 0.231 e. The number of pyridine rings is 1. The highest BCUT2D eigenvalue weighted by atomic mass is 35.5. The second-order valence-corrected chi connectivity index (χ2v) is 7.81. The minimum atomic E-state index is -1.20. The van der Waals surface area contributed by atoms with Gasteiger partial charge in [-0.05, 0) is 18.4 Å². The SMILES string of the molecule is C[C@H](F)[C@H](N)Cc1oc2c(NCc3cccs3)cc(Cl)nc2c1-c1ncco1. The highest BCUT2D eigenvalue weighted by Crippen LogP contribution is 2.38. The molecule has 9 heteroatoms. The van der Waals surface area contributed by atoms with Crippen LogP contribution in [0.5, 0.6) is 0 Å². The normalized spacial score (nSPS) is 13.7. The first kappa shape index (κ1) is 18.9. The van der Waals surface area contributed by atoms with Gasteiger partial charge in [-0.15, -0.1) is 11.3 Å². The molecule has 0 aliphatic carbocycles. The molecule has 0 aliphatic rings. The number of thiophene rings is 1. The highest BCUT2D eigenvalue weighted by Gasteiger charge is 2.26. The van der Waals surface area contributed by atoms with Crippen LogP contribution >= 0.6 is 22.9 Å². The molecular formula is C19H18ClFN4O2S. The van der Waals surface area contributed by atoms with Crippen molar-refractivity contribution in [2.45, 2.75) is 32.1 Å². The number of hydrogen-bond acceptors (Lipinski definition) is 7. The molecule has 0 bridgehead atoms. The lowest BCUT2D eigenvalue weighted by Crippen LogP contribution is -2.31. The van der Waals surface area contributed by atoms with Crippen LogP contribution in [0.25, 0.3) is 22.6 Å². The molecule has 0 fully saturated rings. The van der Waals surface area contributed by atoms with Crippen LogP contribution < -0.4 is 11.1 Å². The quantitative estimate of drug-likeness (QED) is 0.407. The molecule has 0 saturated carbocycles. The number of oxazole rings is 1. The zero-order valence-electron chi connectivity index (χ0n) is 15.0. The van der Waals surface area contributed by atoms with Crippen molar-refractivity contribution >= 4 is 39.7 Å². The fourth-order valence-electron chi connectivity index (χ4n) is 2.90. The van der Waals surface area contributed by atoms with E-state index in [9.17, 15) is 4.39 Å². The van der Waals surface area contributed by atoms with E-state index < -0.39 is 12.2 Å². The number of nitrogens with zero attached hydrogens (tertiary/aromatic N) is 2. The molecule has 2 atom stereocenters. The molecule has 0 amide bonds. The fourth-order valence-corrected chi connectivity index (χ4v) is 3.73. The van der Waals surface area contributed by atoms with Crippen LogP contribution in [0.15, 0.2) is 44.9 Å². The predicted molar refractivity (Wildman–Crippen MR) is 108 cm³/mol. The summed E-state index contributed by atoms with van der Waals surface area (Å²) in [4.78, 5) is 9.78. The first-order valence-corrected chi connectivity index (χ1v) is 9.96. The summed E-state index contributed by atoms with van der Waals surface area (Å²) in [7, 11) is 0. The van der Waals surface area contributed by atoms with Crippen LogP contribution in [-0.4, -0.2) is 22.2 Å². The van der Waals surface area contributed by atoms with Gasteiger partial charge in [0, 0.05) is 30.0 Å². The number of hydrogen-bond donors (Lipinski definition) is 2. The first-order chi connectivity index (χ1) is 13.5. The maximum atomic E-state index is 13.7. The van der Waals surface area contributed by atoms with Gasteiger partial charge in [-0.1, -0.05) is 17.7 Å². The van der Waals surface area contributed by atoms with Gasteiger partial charge < -0.3 is 19.9 Å². The van der Waals surface area contributed by atoms with Crippen LogP contribution in [0, 0.1) is 0 Å². The number of nitrogens with one attached hydrogen (secondary N) is 1. The topological polar surface area (TPSA) is 90.1 Å². The average molecular weight is 421 g/mol. The monoisotopic (exact) mass is 420 g/mol. The Hall–Kier alpha value is -2.42. The van der Waals surface area contributed by atoms with Gasteiger partial charge in [0.05, 0.1) is 11.9 Å². The molecule has 0 saturated heterocycles. The van der Waals surface area contributed by atoms with E-state index in [2.05, 4.69) is 15.3 Å². The maximum Gasteiger partial charge on any atom is 0.231 e. The van der Waals surface area contributed by atoms with Crippen LogP contribution in [0.3, 0.4) is 0 Å². The van der Waals surface area contributed by atoms with Crippen molar-refractivity contribution in [1.82, 2.24) is 9.97 Å². The summed E-state index contributed by atoms with van der Waals surface area (Å²) in [5.41, 5.74) is 8.16. The van der Waals surface area contributed by atoms with Crippen molar-refractivity contribution < 1.29 is 13.2 Å². The molecular weight excluding hydrogens is 403 g/mol. The molecule has 6 nitrogen and oxygen atoms in total. The third-order valence-electron chi connectivity index (χ3n) is 4.37. The van der Waals surface area contributed by atoms with E-state index in [1.807, 2.05) is 17.5 Å². The molecule has 0 aliphatic heterocycles. The van der Waals surface area contributed by atoms with Gasteiger partial charge in [0.25, 0.3) is 0 Å². The van der Waals surface area contributed by atoms with E-state index in [1.165, 1.54) is 19.4 Å². The molecule has 28 heavy (non-hydrogen) atoms. The van der Waals surface area contributed by atoms with Gasteiger partial charge in [-0.25, -0.2) is 14.4 Å². The molecule has 0 unspecified atom stereocenters. The second-order valence-electron chi connectivity index (χ2n) is 6.39. The summed E-state index contributed by atoms with van der Waals surface area (Å²) in [5, 5.41) is 5.64. The minimum absolute atomic E-state index is 0.174. The molecule has 0 radical (unpaired) electrons. The largest absolute Gasteiger partial charge is 0.456 e. The number of nitrogens with two attached hydrogens (primary N) is 1. The number of anilines is 1. The van der Waals surface area contributed by atoms with Gasteiger partial charge >= 0.3 is 0 Å². The molecule has 146 valence electrons. The van der Waals surface area contributed by atoms with Crippen molar-refractivity contribution in [1.29, 1.82) is 0 Å². The van der Waals surface area contributed by atoms with Gasteiger partial charge in [0.15, 0.2) is 5.58 Å². The number of aromatic nitrogens is 2. The van der Waals surface area contributed by atoms with Crippen molar-refractivity contribution in [2.24, 2.45) is 5.73 Å². The van der Waals surface area contributed by atoms with E-state index in [4.69, 9.17) is 26.2 Å². The van der Waals surface area contributed by atoms with Gasteiger partial charge in [0.2, 0.25) is 5.89 Å². The second kappa shape index (κ2) is 7.90. The number of rotatable bonds is 7. The third kappa shape index (κ3) is 3.76. The lowest BCUT2D eigenvalue weighted by molar-refractivity contribution is 0.296. The summed E-state index contributed by atoms with van der Waals surface area (Å²) < 4.78 is 25.2. The molecule has 0 aromatic carbocycles. The lowest BCUT2D eigenvalue weighted by Gasteiger charge is -2.11. The molecule has 4 aromatic heterocycles. The van der Waals surface area contributed by atoms with Crippen molar-refractivity contribution in [3.63, 3.8) is 0 Å². The number of fused-ring (bicyclic) bond motifs is 1. The van der Waals surface area contributed by atoms with E-state index in [0.29, 0.717) is 45.7 Å². The minimum Gasteiger partial charge on any atom is -0.456 e. The number of halogens is 2. The Morgan fingerprint density at radius 2 is 2.29 bits per heavy atom. The maximum absolute atomic E-state index is 13.7. The van der Waals surface area contributed by atoms with Crippen LogP contribution in [0.4, 0.5) is 10.1 Å². The van der Waals surface area contributed by atoms with E-state index in [0.717, 1.165) is 4.88 Å². The van der Waals surface area contributed by atoms with Gasteiger partial charge in [0.1, 0.15) is 34.4 Å². The Kier molecular flexibility index (Phi) is 5.34. The molecule has 4 heterocycles. The Bertz CT molecular complexity index is 1060. The predicted octanol–water partition coefficient (Wildman–Crippen LogP) is 5.04. The van der Waals surface area contributed by atoms with E-state index in [-0.39, 0.29) is 6.42 Å². The van der Waals surface area contributed by atoms with Crippen molar-refractivity contribution in [2.75, 3.05) is 5.32 Å².